The van der Waals surface area contributed by atoms with Gasteiger partial charge in [-0.25, -0.2) is 0 Å². The summed E-state index contributed by atoms with van der Waals surface area (Å²) in [5, 5.41) is 3.36. The monoisotopic (exact) mass is 249 g/mol. The molecule has 0 spiro atoms. The first kappa shape index (κ1) is 13.4. The number of hydrogen-bond acceptors (Lipinski definition) is 1. The van der Waals surface area contributed by atoms with Gasteiger partial charge in [0.25, 0.3) is 0 Å². The molecule has 19 heavy (non-hydrogen) atoms. The second-order valence-corrected chi connectivity index (χ2v) is 4.60. The van der Waals surface area contributed by atoms with Gasteiger partial charge < -0.3 is 5.32 Å². The Morgan fingerprint density at radius 1 is 0.947 bits per heavy atom. The summed E-state index contributed by atoms with van der Waals surface area (Å²) in [5.41, 5.74) is 2.59. The number of terminal acetylenes is 1. The fourth-order valence-electron chi connectivity index (χ4n) is 2.49. The predicted octanol–water partition coefficient (Wildman–Crippen LogP) is 3.43. The van der Waals surface area contributed by atoms with Gasteiger partial charge in [0.15, 0.2) is 0 Å². The highest BCUT2D eigenvalue weighted by Crippen LogP contribution is 2.29. The SMILES string of the molecule is C#CCC(NC)C(c1ccccc1)c1ccccc1. The smallest absolute Gasteiger partial charge is 0.0283 e. The first-order valence-electron chi connectivity index (χ1n) is 6.57. The molecule has 2 aromatic carbocycles. The van der Waals surface area contributed by atoms with Crippen molar-refractivity contribution in [3.8, 4) is 12.3 Å². The third-order valence-corrected chi connectivity index (χ3v) is 3.43. The van der Waals surface area contributed by atoms with E-state index in [-0.39, 0.29) is 12.0 Å². The highest BCUT2D eigenvalue weighted by atomic mass is 14.9. The van der Waals surface area contributed by atoms with Crippen molar-refractivity contribution in [1.82, 2.24) is 5.32 Å². The van der Waals surface area contributed by atoms with Crippen LogP contribution >= 0.6 is 0 Å². The zero-order chi connectivity index (χ0) is 13.5. The molecule has 0 radical (unpaired) electrons. The Morgan fingerprint density at radius 3 is 1.79 bits per heavy atom. The van der Waals surface area contributed by atoms with E-state index < -0.39 is 0 Å². The second-order valence-electron chi connectivity index (χ2n) is 4.60. The second kappa shape index (κ2) is 6.78. The van der Waals surface area contributed by atoms with Gasteiger partial charge in [0.05, 0.1) is 0 Å². The maximum Gasteiger partial charge on any atom is 0.0283 e. The van der Waals surface area contributed by atoms with Gasteiger partial charge >= 0.3 is 0 Å². The molecule has 1 nitrogen and oxygen atoms in total. The molecule has 0 aliphatic heterocycles. The van der Waals surface area contributed by atoms with Crippen LogP contribution in [0.2, 0.25) is 0 Å². The number of nitrogens with one attached hydrogen (secondary N) is 1. The lowest BCUT2D eigenvalue weighted by molar-refractivity contribution is 0.517. The minimum Gasteiger partial charge on any atom is -0.315 e. The van der Waals surface area contributed by atoms with Crippen molar-refractivity contribution in [1.29, 1.82) is 0 Å². The molecule has 1 unspecified atom stereocenters. The van der Waals surface area contributed by atoms with E-state index in [2.05, 4.69) is 59.8 Å². The van der Waals surface area contributed by atoms with Gasteiger partial charge in [-0.1, -0.05) is 60.7 Å². The average molecular weight is 249 g/mol. The van der Waals surface area contributed by atoms with Crippen molar-refractivity contribution < 1.29 is 0 Å². The van der Waals surface area contributed by atoms with Crippen LogP contribution in [0.5, 0.6) is 0 Å². The highest BCUT2D eigenvalue weighted by Gasteiger charge is 2.22. The maximum absolute atomic E-state index is 5.51. The predicted molar refractivity (Wildman–Crippen MR) is 81.0 cm³/mol. The third kappa shape index (κ3) is 3.24. The van der Waals surface area contributed by atoms with Crippen LogP contribution < -0.4 is 5.32 Å². The van der Waals surface area contributed by atoms with Gasteiger partial charge in [0, 0.05) is 18.4 Å². The fraction of sp³-hybridized carbons (Fsp3) is 0.222. The van der Waals surface area contributed by atoms with Gasteiger partial charge in [-0.3, -0.25) is 0 Å². The number of likely N-dealkylation sites (N-methyl/N-ethyl adjacent to an activating group) is 1. The van der Waals surface area contributed by atoms with Crippen LogP contribution in [0, 0.1) is 12.3 Å². The summed E-state index contributed by atoms with van der Waals surface area (Å²) < 4.78 is 0. The van der Waals surface area contributed by atoms with Crippen LogP contribution in [-0.4, -0.2) is 13.1 Å². The molecule has 0 aromatic heterocycles. The quantitative estimate of drug-likeness (QED) is 0.801. The number of rotatable bonds is 5. The number of hydrogen-bond donors (Lipinski definition) is 1. The molecule has 0 aliphatic rings. The van der Waals surface area contributed by atoms with E-state index >= 15 is 0 Å². The van der Waals surface area contributed by atoms with Gasteiger partial charge in [0.2, 0.25) is 0 Å². The highest BCUT2D eigenvalue weighted by molar-refractivity contribution is 5.34. The zero-order valence-corrected chi connectivity index (χ0v) is 11.2. The summed E-state index contributed by atoms with van der Waals surface area (Å²) >= 11 is 0. The van der Waals surface area contributed by atoms with Crippen molar-refractivity contribution in [2.75, 3.05) is 7.05 Å². The first-order valence-corrected chi connectivity index (χ1v) is 6.57. The Balaban J connectivity index is 2.42. The summed E-state index contributed by atoms with van der Waals surface area (Å²) in [5.74, 6) is 3.06. The lowest BCUT2D eigenvalue weighted by atomic mass is 9.84. The molecule has 2 aromatic rings. The Bertz CT molecular complexity index is 485. The van der Waals surface area contributed by atoms with Crippen LogP contribution in [0.15, 0.2) is 60.7 Å². The van der Waals surface area contributed by atoms with Crippen molar-refractivity contribution in [2.24, 2.45) is 0 Å². The lowest BCUT2D eigenvalue weighted by Crippen LogP contribution is -2.32. The summed E-state index contributed by atoms with van der Waals surface area (Å²) in [6.45, 7) is 0. The molecule has 0 saturated carbocycles. The van der Waals surface area contributed by atoms with Crippen LogP contribution in [0.3, 0.4) is 0 Å². The van der Waals surface area contributed by atoms with E-state index in [1.54, 1.807) is 0 Å². The van der Waals surface area contributed by atoms with E-state index in [9.17, 15) is 0 Å². The standard InChI is InChI=1S/C18H19N/c1-3-10-17(19-2)18(15-11-6-4-7-12-15)16-13-8-5-9-14-16/h1,4-9,11-14,17-19H,10H2,2H3. The van der Waals surface area contributed by atoms with E-state index in [1.807, 2.05) is 19.2 Å². The van der Waals surface area contributed by atoms with Gasteiger partial charge in [-0.2, -0.15) is 0 Å². The molecule has 0 aliphatic carbocycles. The van der Waals surface area contributed by atoms with Crippen molar-refractivity contribution in [2.45, 2.75) is 18.4 Å². The Labute approximate surface area is 115 Å². The molecule has 1 N–H and O–H groups in total. The zero-order valence-electron chi connectivity index (χ0n) is 11.2. The maximum atomic E-state index is 5.51. The Kier molecular flexibility index (Phi) is 4.78. The molecule has 0 heterocycles. The minimum atomic E-state index is 0.245. The molecule has 96 valence electrons. The topological polar surface area (TPSA) is 12.0 Å². The molecule has 2 rings (SSSR count). The normalized spacial score (nSPS) is 12.1. The largest absolute Gasteiger partial charge is 0.315 e. The molecule has 1 atom stereocenters. The lowest BCUT2D eigenvalue weighted by Gasteiger charge is -2.26. The van der Waals surface area contributed by atoms with Crippen molar-refractivity contribution in [3.05, 3.63) is 71.8 Å². The van der Waals surface area contributed by atoms with Crippen LogP contribution in [0.25, 0.3) is 0 Å². The fourth-order valence-corrected chi connectivity index (χ4v) is 2.49. The molecule has 0 saturated heterocycles. The molecular weight excluding hydrogens is 230 g/mol. The summed E-state index contributed by atoms with van der Waals surface area (Å²) in [6.07, 6.45) is 6.22. The van der Waals surface area contributed by atoms with Crippen molar-refractivity contribution >= 4 is 0 Å². The number of benzene rings is 2. The van der Waals surface area contributed by atoms with Gasteiger partial charge in [0.1, 0.15) is 0 Å². The molecule has 1 heteroatoms. The summed E-state index contributed by atoms with van der Waals surface area (Å²) in [4.78, 5) is 0. The van der Waals surface area contributed by atoms with Crippen LogP contribution in [0.4, 0.5) is 0 Å². The van der Waals surface area contributed by atoms with Crippen molar-refractivity contribution in [3.63, 3.8) is 0 Å². The van der Waals surface area contributed by atoms with Gasteiger partial charge in [-0.15, -0.1) is 12.3 Å². The van der Waals surface area contributed by atoms with Gasteiger partial charge in [-0.05, 0) is 18.2 Å². The van der Waals surface area contributed by atoms with E-state index in [1.165, 1.54) is 11.1 Å². The van der Waals surface area contributed by atoms with E-state index in [0.717, 1.165) is 0 Å². The Morgan fingerprint density at radius 2 is 1.42 bits per heavy atom. The van der Waals surface area contributed by atoms with E-state index in [0.29, 0.717) is 6.42 Å². The average Bonchev–Trinajstić information content (AvgIpc) is 2.49. The summed E-state index contributed by atoms with van der Waals surface area (Å²) in [7, 11) is 1.97. The molecule has 0 fully saturated rings. The summed E-state index contributed by atoms with van der Waals surface area (Å²) in [6, 6.07) is 21.3. The van der Waals surface area contributed by atoms with E-state index in [4.69, 9.17) is 6.42 Å². The van der Waals surface area contributed by atoms with Crippen LogP contribution in [0.1, 0.15) is 23.5 Å². The molecule has 0 amide bonds. The molecular formula is C18H19N. The minimum absolute atomic E-state index is 0.245. The third-order valence-electron chi connectivity index (χ3n) is 3.43. The Hall–Kier alpha value is -2.04. The molecule has 0 bridgehead atoms. The first-order chi connectivity index (χ1) is 9.36. The van der Waals surface area contributed by atoms with Crippen LogP contribution in [-0.2, 0) is 0 Å².